The third kappa shape index (κ3) is 1.91. The Morgan fingerprint density at radius 3 is 3.09 bits per heavy atom. The lowest BCUT2D eigenvalue weighted by molar-refractivity contribution is 0.781. The van der Waals surface area contributed by atoms with Crippen LogP contribution in [0.5, 0.6) is 0 Å². The highest BCUT2D eigenvalue weighted by molar-refractivity contribution is 7.71. The summed E-state index contributed by atoms with van der Waals surface area (Å²) >= 11 is 4.75. The van der Waals surface area contributed by atoms with Gasteiger partial charge in [-0.15, -0.1) is 0 Å². The highest BCUT2D eigenvalue weighted by Gasteiger charge is 1.89. The quantitative estimate of drug-likeness (QED) is 0.636. The van der Waals surface area contributed by atoms with E-state index in [-0.39, 0.29) is 5.69 Å². The number of hydrogen-bond donors (Lipinski definition) is 2. The number of nitrogens with zero attached hydrogens (tertiary/aromatic N) is 1. The minimum absolute atomic E-state index is 0.237. The van der Waals surface area contributed by atoms with Crippen LogP contribution in [0.1, 0.15) is 6.92 Å². The zero-order valence-corrected chi connectivity index (χ0v) is 6.94. The van der Waals surface area contributed by atoms with Crippen molar-refractivity contribution in [3.8, 4) is 0 Å². The number of hydrogen-bond acceptors (Lipinski definition) is 3. The minimum atomic E-state index is -0.237. The monoisotopic (exact) mass is 171 g/mol. The fraction of sp³-hybridized carbons (Fsp3) is 0.333. The van der Waals surface area contributed by atoms with Crippen LogP contribution in [0.2, 0.25) is 0 Å². The number of rotatable bonds is 2. The predicted molar refractivity (Wildman–Crippen MR) is 45.8 cm³/mol. The van der Waals surface area contributed by atoms with Crippen molar-refractivity contribution in [1.82, 2.24) is 9.66 Å². The van der Waals surface area contributed by atoms with Crippen LogP contribution in [0.4, 0.5) is 0 Å². The Balaban J connectivity index is 3.10. The molecule has 0 spiro atoms. The maximum absolute atomic E-state index is 11.0. The molecule has 0 aliphatic rings. The van der Waals surface area contributed by atoms with Gasteiger partial charge in [-0.05, 0) is 13.0 Å². The molecule has 0 aliphatic heterocycles. The van der Waals surface area contributed by atoms with Gasteiger partial charge in [0.1, 0.15) is 4.64 Å². The van der Waals surface area contributed by atoms with Crippen LogP contribution in [0.25, 0.3) is 0 Å². The molecule has 0 fully saturated rings. The van der Waals surface area contributed by atoms with Gasteiger partial charge in [-0.25, -0.2) is 9.47 Å². The van der Waals surface area contributed by atoms with Crippen molar-refractivity contribution < 1.29 is 0 Å². The molecule has 5 heteroatoms. The molecule has 1 aromatic heterocycles. The molecular formula is C6H9N3OS. The van der Waals surface area contributed by atoms with Gasteiger partial charge in [0.25, 0.3) is 0 Å². The summed E-state index contributed by atoms with van der Waals surface area (Å²) in [7, 11) is 0. The second-order valence-corrected chi connectivity index (χ2v) is 2.43. The van der Waals surface area contributed by atoms with Crippen molar-refractivity contribution in [2.45, 2.75) is 6.92 Å². The van der Waals surface area contributed by atoms with E-state index < -0.39 is 0 Å². The van der Waals surface area contributed by atoms with Gasteiger partial charge in [0, 0.05) is 12.7 Å². The van der Waals surface area contributed by atoms with Crippen LogP contribution in [-0.2, 0) is 0 Å². The molecule has 0 bridgehead atoms. The number of aromatic amines is 1. The van der Waals surface area contributed by atoms with Crippen LogP contribution < -0.4 is 11.1 Å². The lowest BCUT2D eigenvalue weighted by atomic mass is 10.7. The minimum Gasteiger partial charge on any atom is -0.322 e. The van der Waals surface area contributed by atoms with Crippen LogP contribution in [0.3, 0.4) is 0 Å². The zero-order valence-electron chi connectivity index (χ0n) is 6.13. The summed E-state index contributed by atoms with van der Waals surface area (Å²) in [6.45, 7) is 2.61. The first-order valence-corrected chi connectivity index (χ1v) is 3.70. The Bertz CT molecular complexity index is 340. The van der Waals surface area contributed by atoms with Gasteiger partial charge in [-0.3, -0.25) is 4.98 Å². The van der Waals surface area contributed by atoms with Crippen LogP contribution >= 0.6 is 12.2 Å². The van der Waals surface area contributed by atoms with E-state index in [0.29, 0.717) is 11.2 Å². The van der Waals surface area contributed by atoms with Crippen LogP contribution in [0.15, 0.2) is 17.1 Å². The summed E-state index contributed by atoms with van der Waals surface area (Å²) in [6.07, 6.45) is 1.60. The molecule has 0 aromatic carbocycles. The molecule has 0 saturated heterocycles. The summed E-state index contributed by atoms with van der Waals surface area (Å²) in [5.74, 6) is 0. The van der Waals surface area contributed by atoms with Gasteiger partial charge >= 0.3 is 5.69 Å². The summed E-state index contributed by atoms with van der Waals surface area (Å²) < 4.78 is 1.81. The zero-order chi connectivity index (χ0) is 8.27. The fourth-order valence-electron chi connectivity index (χ4n) is 0.712. The molecule has 1 rings (SSSR count). The number of nitrogens with one attached hydrogen (secondary N) is 2. The topological polar surface area (TPSA) is 49.8 Å². The summed E-state index contributed by atoms with van der Waals surface area (Å²) in [4.78, 5) is 13.5. The average molecular weight is 171 g/mol. The highest BCUT2D eigenvalue weighted by atomic mass is 32.1. The molecule has 2 N–H and O–H groups in total. The SMILES string of the molecule is CCNn1ccc(=S)[nH]c1=O. The lowest BCUT2D eigenvalue weighted by Gasteiger charge is -2.03. The highest BCUT2D eigenvalue weighted by Crippen LogP contribution is 1.77. The van der Waals surface area contributed by atoms with Gasteiger partial charge in [0.2, 0.25) is 0 Å². The fourth-order valence-corrected chi connectivity index (χ4v) is 0.860. The van der Waals surface area contributed by atoms with Crippen molar-refractivity contribution in [3.63, 3.8) is 0 Å². The van der Waals surface area contributed by atoms with E-state index >= 15 is 0 Å². The molecule has 11 heavy (non-hydrogen) atoms. The molecule has 1 aromatic rings. The maximum atomic E-state index is 11.0. The molecule has 4 nitrogen and oxygen atoms in total. The van der Waals surface area contributed by atoms with Crippen LogP contribution in [0, 0.1) is 4.64 Å². The standard InChI is InChI=1S/C6H9N3OS/c1-2-7-9-4-3-5(11)8-6(9)10/h3-4,7H,2H2,1H3,(H,8,10,11). The molecule has 60 valence electrons. The Labute approximate surface area is 68.9 Å². The second-order valence-electron chi connectivity index (χ2n) is 1.99. The first-order chi connectivity index (χ1) is 5.24. The molecule has 0 aliphatic carbocycles. The van der Waals surface area contributed by atoms with Gasteiger partial charge < -0.3 is 5.43 Å². The van der Waals surface area contributed by atoms with Gasteiger partial charge in [-0.1, -0.05) is 12.2 Å². The van der Waals surface area contributed by atoms with Crippen molar-refractivity contribution in [1.29, 1.82) is 0 Å². The Morgan fingerprint density at radius 2 is 2.55 bits per heavy atom. The van der Waals surface area contributed by atoms with Crippen molar-refractivity contribution in [2.24, 2.45) is 0 Å². The molecule has 0 saturated carbocycles. The largest absolute Gasteiger partial charge is 0.345 e. The summed E-state index contributed by atoms with van der Waals surface area (Å²) in [6, 6.07) is 1.65. The van der Waals surface area contributed by atoms with Gasteiger partial charge in [-0.2, -0.15) is 0 Å². The van der Waals surface area contributed by atoms with E-state index in [1.165, 1.54) is 4.68 Å². The normalized spacial score (nSPS) is 9.55. The molecule has 0 radical (unpaired) electrons. The lowest BCUT2D eigenvalue weighted by Crippen LogP contribution is -2.29. The molecular weight excluding hydrogens is 162 g/mol. The van der Waals surface area contributed by atoms with Crippen molar-refractivity contribution in [2.75, 3.05) is 12.0 Å². The Hall–Kier alpha value is -1.10. The number of H-pyrrole nitrogens is 1. The van der Waals surface area contributed by atoms with E-state index in [2.05, 4.69) is 10.4 Å². The number of aromatic nitrogens is 2. The third-order valence-electron chi connectivity index (χ3n) is 1.15. The predicted octanol–water partition coefficient (Wildman–Crippen LogP) is 0.469. The Morgan fingerprint density at radius 1 is 1.82 bits per heavy atom. The van der Waals surface area contributed by atoms with E-state index in [0.717, 1.165) is 0 Å². The van der Waals surface area contributed by atoms with Crippen LogP contribution in [-0.4, -0.2) is 16.2 Å². The van der Waals surface area contributed by atoms with E-state index in [1.54, 1.807) is 12.3 Å². The molecule has 1 heterocycles. The maximum Gasteiger partial charge on any atom is 0.345 e. The van der Waals surface area contributed by atoms with E-state index in [1.807, 2.05) is 6.92 Å². The van der Waals surface area contributed by atoms with Gasteiger partial charge in [0.15, 0.2) is 0 Å². The van der Waals surface area contributed by atoms with Crippen molar-refractivity contribution >= 4 is 12.2 Å². The molecule has 0 amide bonds. The van der Waals surface area contributed by atoms with E-state index in [9.17, 15) is 4.79 Å². The molecule has 0 unspecified atom stereocenters. The summed E-state index contributed by atoms with van der Waals surface area (Å²) in [5.41, 5.74) is 2.59. The van der Waals surface area contributed by atoms with Gasteiger partial charge in [0.05, 0.1) is 0 Å². The third-order valence-corrected chi connectivity index (χ3v) is 1.39. The summed E-state index contributed by atoms with van der Waals surface area (Å²) in [5, 5.41) is 0. The van der Waals surface area contributed by atoms with E-state index in [4.69, 9.17) is 12.2 Å². The van der Waals surface area contributed by atoms with Crippen molar-refractivity contribution in [3.05, 3.63) is 27.4 Å². The first-order valence-electron chi connectivity index (χ1n) is 3.30. The smallest absolute Gasteiger partial charge is 0.322 e. The molecule has 0 atom stereocenters. The second kappa shape index (κ2) is 3.34. The average Bonchev–Trinajstić information content (AvgIpc) is 1.95. The Kier molecular flexibility index (Phi) is 2.43. The first kappa shape index (κ1) is 8.00.